The molecule has 0 bridgehead atoms. The van der Waals surface area contributed by atoms with Crippen LogP contribution >= 0.6 is 0 Å². The lowest BCUT2D eigenvalue weighted by Gasteiger charge is -2.11. The van der Waals surface area contributed by atoms with Crippen molar-refractivity contribution >= 4 is 10.0 Å². The summed E-state index contributed by atoms with van der Waals surface area (Å²) < 4.78 is 24.1. The molecule has 1 aromatic carbocycles. The number of phenolic OH excluding ortho intramolecular Hbond substituents is 1. The zero-order valence-electron chi connectivity index (χ0n) is 10.0. The molecule has 0 radical (unpaired) electrons. The first-order valence-electron chi connectivity index (χ1n) is 5.30. The highest BCUT2D eigenvalue weighted by Crippen LogP contribution is 2.10. The molecule has 5 nitrogen and oxygen atoms in total. The van der Waals surface area contributed by atoms with Gasteiger partial charge in [-0.25, -0.2) is 12.7 Å². The molecular weight excluding hydrogens is 240 g/mol. The monoisotopic (exact) mass is 258 g/mol. The molecule has 0 atom stereocenters. The third-order valence-electron chi connectivity index (χ3n) is 2.33. The van der Waals surface area contributed by atoms with Crippen molar-refractivity contribution in [2.75, 3.05) is 26.4 Å². The molecule has 6 heteroatoms. The number of aromatic hydroxyl groups is 1. The van der Waals surface area contributed by atoms with Gasteiger partial charge in [0.2, 0.25) is 10.0 Å². The minimum Gasteiger partial charge on any atom is -0.508 e. The predicted molar refractivity (Wildman–Crippen MR) is 67.3 cm³/mol. The van der Waals surface area contributed by atoms with E-state index in [1.165, 1.54) is 18.4 Å². The molecule has 0 aliphatic carbocycles. The Hall–Kier alpha value is -1.11. The number of nitrogens with zero attached hydrogens (tertiary/aromatic N) is 1. The van der Waals surface area contributed by atoms with Crippen LogP contribution in [0.5, 0.6) is 5.75 Å². The Balaban J connectivity index is 2.35. The highest BCUT2D eigenvalue weighted by atomic mass is 32.2. The van der Waals surface area contributed by atoms with Gasteiger partial charge in [0.25, 0.3) is 0 Å². The van der Waals surface area contributed by atoms with E-state index in [1.807, 2.05) is 6.07 Å². The molecule has 0 aliphatic heterocycles. The minimum atomic E-state index is -3.14. The summed E-state index contributed by atoms with van der Waals surface area (Å²) in [5.41, 5.74) is 0.923. The molecule has 0 saturated carbocycles. The first-order valence-corrected chi connectivity index (χ1v) is 6.91. The summed E-state index contributed by atoms with van der Waals surface area (Å²) in [5, 5.41) is 12.3. The average Bonchev–Trinajstić information content (AvgIpc) is 2.24. The first kappa shape index (κ1) is 14.0. The molecule has 0 heterocycles. The lowest BCUT2D eigenvalue weighted by molar-refractivity contribution is 0.474. The van der Waals surface area contributed by atoms with Crippen LogP contribution in [0.4, 0.5) is 0 Å². The summed E-state index contributed by atoms with van der Waals surface area (Å²) in [5.74, 6) is 0.281. The van der Waals surface area contributed by atoms with E-state index < -0.39 is 10.0 Å². The van der Waals surface area contributed by atoms with Crippen molar-refractivity contribution < 1.29 is 13.5 Å². The largest absolute Gasteiger partial charge is 0.508 e. The molecular formula is C11H18N2O3S. The van der Waals surface area contributed by atoms with Gasteiger partial charge in [-0.2, -0.15) is 0 Å². The fourth-order valence-electron chi connectivity index (χ4n) is 1.28. The maximum Gasteiger partial charge on any atom is 0.214 e. The molecule has 0 unspecified atom stereocenters. The number of rotatable bonds is 6. The molecule has 0 aromatic heterocycles. The van der Waals surface area contributed by atoms with Crippen molar-refractivity contribution in [3.05, 3.63) is 29.8 Å². The van der Waals surface area contributed by atoms with Gasteiger partial charge in [-0.05, 0) is 17.7 Å². The predicted octanol–water partition coefficient (Wildman–Crippen LogP) is 0.373. The Labute approximate surface area is 102 Å². The number of hydrogen-bond donors (Lipinski definition) is 2. The third kappa shape index (κ3) is 4.72. The molecule has 0 fully saturated rings. The number of phenols is 1. The summed E-state index contributed by atoms with van der Waals surface area (Å²) in [4.78, 5) is 0. The second-order valence-electron chi connectivity index (χ2n) is 3.95. The fraction of sp³-hybridized carbons (Fsp3) is 0.455. The molecule has 0 saturated heterocycles. The van der Waals surface area contributed by atoms with Gasteiger partial charge in [0, 0.05) is 27.2 Å². The lowest BCUT2D eigenvalue weighted by Crippen LogP contribution is -2.30. The zero-order valence-corrected chi connectivity index (χ0v) is 10.9. The van der Waals surface area contributed by atoms with E-state index in [2.05, 4.69) is 5.32 Å². The van der Waals surface area contributed by atoms with Crippen molar-refractivity contribution in [2.45, 2.75) is 6.54 Å². The molecule has 0 amide bonds. The molecule has 2 N–H and O–H groups in total. The Kier molecular flexibility index (Phi) is 4.92. The van der Waals surface area contributed by atoms with Crippen LogP contribution in [0.2, 0.25) is 0 Å². The van der Waals surface area contributed by atoms with E-state index in [0.717, 1.165) is 5.56 Å². The number of sulfonamides is 1. The lowest BCUT2D eigenvalue weighted by atomic mass is 10.2. The Morgan fingerprint density at radius 3 is 2.65 bits per heavy atom. The van der Waals surface area contributed by atoms with Crippen LogP contribution in [0.25, 0.3) is 0 Å². The Bertz CT molecular complexity index is 458. The summed E-state index contributed by atoms with van der Waals surface area (Å²) in [7, 11) is -0.103. The summed E-state index contributed by atoms with van der Waals surface area (Å²) in [6.07, 6.45) is 0. The topological polar surface area (TPSA) is 69.6 Å². The molecule has 0 spiro atoms. The summed E-state index contributed by atoms with van der Waals surface area (Å²) in [6.45, 7) is 0.924. The zero-order chi connectivity index (χ0) is 12.9. The Morgan fingerprint density at radius 2 is 2.06 bits per heavy atom. The molecule has 1 rings (SSSR count). The van der Waals surface area contributed by atoms with Gasteiger partial charge in [-0.1, -0.05) is 12.1 Å². The second-order valence-corrected chi connectivity index (χ2v) is 6.25. The van der Waals surface area contributed by atoms with Crippen LogP contribution in [0, 0.1) is 0 Å². The van der Waals surface area contributed by atoms with Crippen molar-refractivity contribution in [3.8, 4) is 5.75 Å². The number of hydrogen-bond acceptors (Lipinski definition) is 4. The van der Waals surface area contributed by atoms with E-state index in [-0.39, 0.29) is 11.5 Å². The van der Waals surface area contributed by atoms with Gasteiger partial charge in [0.15, 0.2) is 0 Å². The van der Waals surface area contributed by atoms with Gasteiger partial charge in [0.1, 0.15) is 5.75 Å². The normalized spacial score (nSPS) is 11.9. The third-order valence-corrected chi connectivity index (χ3v) is 4.17. The van der Waals surface area contributed by atoms with Crippen molar-refractivity contribution in [3.63, 3.8) is 0 Å². The quantitative estimate of drug-likeness (QED) is 0.723. The Morgan fingerprint density at radius 1 is 1.35 bits per heavy atom. The highest BCUT2D eigenvalue weighted by molar-refractivity contribution is 7.89. The first-order chi connectivity index (χ1) is 7.92. The van der Waals surface area contributed by atoms with Crippen LogP contribution in [0.15, 0.2) is 24.3 Å². The molecule has 17 heavy (non-hydrogen) atoms. The van der Waals surface area contributed by atoms with Gasteiger partial charge in [-0.15, -0.1) is 0 Å². The van der Waals surface area contributed by atoms with Crippen LogP contribution in [-0.2, 0) is 16.6 Å². The van der Waals surface area contributed by atoms with Gasteiger partial charge in [0.05, 0.1) is 5.75 Å². The van der Waals surface area contributed by atoms with E-state index in [1.54, 1.807) is 18.2 Å². The fourth-order valence-corrected chi connectivity index (χ4v) is 2.05. The second kappa shape index (κ2) is 6.00. The highest BCUT2D eigenvalue weighted by Gasteiger charge is 2.12. The van der Waals surface area contributed by atoms with Crippen molar-refractivity contribution in [1.29, 1.82) is 0 Å². The minimum absolute atomic E-state index is 0.0683. The van der Waals surface area contributed by atoms with E-state index >= 15 is 0 Å². The molecule has 0 aliphatic rings. The SMILES string of the molecule is CN(C)S(=O)(=O)CCNCc1cccc(O)c1. The van der Waals surface area contributed by atoms with Crippen LogP contribution in [0.1, 0.15) is 5.56 Å². The standard InChI is InChI=1S/C11H18N2O3S/c1-13(2)17(15,16)7-6-12-9-10-4-3-5-11(14)8-10/h3-5,8,12,14H,6-7,9H2,1-2H3. The van der Waals surface area contributed by atoms with Crippen molar-refractivity contribution in [2.24, 2.45) is 0 Å². The van der Waals surface area contributed by atoms with E-state index in [4.69, 9.17) is 0 Å². The van der Waals surface area contributed by atoms with Crippen LogP contribution in [0.3, 0.4) is 0 Å². The van der Waals surface area contributed by atoms with Gasteiger partial charge < -0.3 is 10.4 Å². The summed E-state index contributed by atoms with van der Waals surface area (Å²) in [6, 6.07) is 6.86. The smallest absolute Gasteiger partial charge is 0.214 e. The van der Waals surface area contributed by atoms with Gasteiger partial charge in [-0.3, -0.25) is 0 Å². The molecule has 1 aromatic rings. The maximum absolute atomic E-state index is 11.4. The number of nitrogens with one attached hydrogen (secondary N) is 1. The van der Waals surface area contributed by atoms with E-state index in [9.17, 15) is 13.5 Å². The van der Waals surface area contributed by atoms with E-state index in [0.29, 0.717) is 13.1 Å². The average molecular weight is 258 g/mol. The maximum atomic E-state index is 11.4. The molecule has 96 valence electrons. The van der Waals surface area contributed by atoms with Gasteiger partial charge >= 0.3 is 0 Å². The summed E-state index contributed by atoms with van der Waals surface area (Å²) >= 11 is 0. The van der Waals surface area contributed by atoms with Crippen LogP contribution in [-0.4, -0.2) is 44.2 Å². The van der Waals surface area contributed by atoms with Crippen LogP contribution < -0.4 is 5.32 Å². The number of benzene rings is 1. The van der Waals surface area contributed by atoms with Crippen molar-refractivity contribution in [1.82, 2.24) is 9.62 Å².